The number of aromatic amines is 1. The van der Waals surface area contributed by atoms with E-state index in [0.717, 1.165) is 28.2 Å². The lowest BCUT2D eigenvalue weighted by molar-refractivity contribution is 1.16. The molecule has 0 radical (unpaired) electrons. The van der Waals surface area contributed by atoms with Crippen molar-refractivity contribution in [1.82, 2.24) is 15.0 Å². The average molecular weight is 295 g/mol. The predicted octanol–water partition coefficient (Wildman–Crippen LogP) is 3.97. The number of rotatable bonds is 2. The fourth-order valence-corrected chi connectivity index (χ4v) is 2.38. The number of H-pyrrole nitrogens is 1. The Morgan fingerprint density at radius 1 is 1.24 bits per heavy atom. The maximum Gasteiger partial charge on any atom is 0.116 e. The molecule has 0 saturated carbocycles. The van der Waals surface area contributed by atoms with Crippen LogP contribution in [0.1, 0.15) is 11.1 Å². The Morgan fingerprint density at radius 3 is 2.81 bits per heavy atom. The molecular weight excluding hydrogens is 284 g/mol. The zero-order chi connectivity index (χ0) is 14.8. The number of aromatic nitrogens is 3. The Bertz CT molecular complexity index is 831. The van der Waals surface area contributed by atoms with Crippen molar-refractivity contribution in [3.8, 4) is 28.7 Å². The van der Waals surface area contributed by atoms with Crippen LogP contribution in [0.15, 0.2) is 42.9 Å². The van der Waals surface area contributed by atoms with Crippen LogP contribution in [0, 0.1) is 18.3 Å². The first kappa shape index (κ1) is 13.3. The Hall–Kier alpha value is -2.64. The molecule has 3 aromatic rings. The maximum atomic E-state index is 9.36. The second kappa shape index (κ2) is 5.39. The summed E-state index contributed by atoms with van der Waals surface area (Å²) < 4.78 is 0. The van der Waals surface area contributed by atoms with Crippen LogP contribution < -0.4 is 0 Å². The molecule has 0 fully saturated rings. The Labute approximate surface area is 127 Å². The molecule has 0 saturated heterocycles. The largest absolute Gasteiger partial charge is 0.352 e. The summed E-state index contributed by atoms with van der Waals surface area (Å²) in [6, 6.07) is 11.4. The van der Waals surface area contributed by atoms with E-state index in [0.29, 0.717) is 10.6 Å². The van der Waals surface area contributed by atoms with E-state index in [4.69, 9.17) is 11.6 Å². The third-order valence-electron chi connectivity index (χ3n) is 3.26. The van der Waals surface area contributed by atoms with Crippen LogP contribution in [-0.4, -0.2) is 15.0 Å². The molecule has 4 nitrogen and oxygen atoms in total. The minimum absolute atomic E-state index is 0.564. The molecule has 0 aliphatic heterocycles. The highest BCUT2D eigenvalue weighted by atomic mass is 35.5. The van der Waals surface area contributed by atoms with Gasteiger partial charge in [0.1, 0.15) is 12.4 Å². The number of halogens is 1. The fraction of sp³-hybridized carbons (Fsp3) is 0.0625. The van der Waals surface area contributed by atoms with Gasteiger partial charge in [-0.05, 0) is 36.8 Å². The van der Waals surface area contributed by atoms with Crippen molar-refractivity contribution in [3.05, 3.63) is 59.0 Å². The first-order valence-electron chi connectivity index (χ1n) is 6.35. The highest BCUT2D eigenvalue weighted by Crippen LogP contribution is 2.31. The van der Waals surface area contributed by atoms with Crippen LogP contribution in [0.3, 0.4) is 0 Å². The molecule has 1 aromatic carbocycles. The Balaban J connectivity index is 2.18. The molecule has 5 heteroatoms. The summed E-state index contributed by atoms with van der Waals surface area (Å²) >= 11 is 6.07. The number of aryl methyl sites for hydroxylation is 1. The highest BCUT2D eigenvalue weighted by Gasteiger charge is 2.14. The third-order valence-corrected chi connectivity index (χ3v) is 3.50. The molecule has 102 valence electrons. The molecule has 1 N–H and O–H groups in total. The number of hydrogen-bond acceptors (Lipinski definition) is 3. The summed E-state index contributed by atoms with van der Waals surface area (Å²) in [7, 11) is 0. The average Bonchev–Trinajstić information content (AvgIpc) is 2.94. The first-order valence-corrected chi connectivity index (χ1v) is 6.73. The summed E-state index contributed by atoms with van der Waals surface area (Å²) in [5.74, 6) is 0. The normalized spacial score (nSPS) is 10.3. The molecule has 2 heterocycles. The van der Waals surface area contributed by atoms with Gasteiger partial charge in [-0.1, -0.05) is 17.7 Å². The minimum atomic E-state index is 0.564. The zero-order valence-electron chi connectivity index (χ0n) is 11.3. The van der Waals surface area contributed by atoms with Crippen LogP contribution in [0.4, 0.5) is 0 Å². The SMILES string of the molecule is Cc1ccc(Cl)cc1-c1[nH]c(-c2ccncn2)cc1C#N. The van der Waals surface area contributed by atoms with E-state index in [1.54, 1.807) is 18.3 Å². The van der Waals surface area contributed by atoms with Gasteiger partial charge in [-0.15, -0.1) is 0 Å². The number of hydrogen-bond donors (Lipinski definition) is 1. The van der Waals surface area contributed by atoms with E-state index in [1.807, 2.05) is 25.1 Å². The van der Waals surface area contributed by atoms with Crippen molar-refractivity contribution in [2.45, 2.75) is 6.92 Å². The van der Waals surface area contributed by atoms with Gasteiger partial charge in [0.2, 0.25) is 0 Å². The lowest BCUT2D eigenvalue weighted by Gasteiger charge is -2.05. The minimum Gasteiger partial charge on any atom is -0.352 e. The van der Waals surface area contributed by atoms with E-state index in [9.17, 15) is 5.26 Å². The molecule has 0 atom stereocenters. The van der Waals surface area contributed by atoms with Gasteiger partial charge in [-0.3, -0.25) is 0 Å². The summed E-state index contributed by atoms with van der Waals surface area (Å²) in [6.07, 6.45) is 3.14. The van der Waals surface area contributed by atoms with Crippen molar-refractivity contribution in [3.63, 3.8) is 0 Å². The van der Waals surface area contributed by atoms with Crippen molar-refractivity contribution < 1.29 is 0 Å². The molecule has 0 unspecified atom stereocenters. The third kappa shape index (κ3) is 2.51. The second-order valence-corrected chi connectivity index (χ2v) is 5.07. The van der Waals surface area contributed by atoms with Gasteiger partial charge in [-0.25, -0.2) is 9.97 Å². The number of nitrogens with zero attached hydrogens (tertiary/aromatic N) is 3. The molecular formula is C16H11ClN4. The quantitative estimate of drug-likeness (QED) is 0.777. The van der Waals surface area contributed by atoms with E-state index in [1.165, 1.54) is 6.33 Å². The maximum absolute atomic E-state index is 9.36. The van der Waals surface area contributed by atoms with Gasteiger partial charge in [0, 0.05) is 16.8 Å². The van der Waals surface area contributed by atoms with Crippen LogP contribution in [0.5, 0.6) is 0 Å². The van der Waals surface area contributed by atoms with Gasteiger partial charge in [0.25, 0.3) is 0 Å². The monoisotopic (exact) mass is 294 g/mol. The molecule has 0 amide bonds. The van der Waals surface area contributed by atoms with E-state index in [-0.39, 0.29) is 0 Å². The van der Waals surface area contributed by atoms with Gasteiger partial charge in [0.15, 0.2) is 0 Å². The Kier molecular flexibility index (Phi) is 3.43. The Morgan fingerprint density at radius 2 is 2.10 bits per heavy atom. The van der Waals surface area contributed by atoms with E-state index >= 15 is 0 Å². The molecule has 3 rings (SSSR count). The van der Waals surface area contributed by atoms with E-state index in [2.05, 4.69) is 21.0 Å². The van der Waals surface area contributed by atoms with Crippen molar-refractivity contribution in [1.29, 1.82) is 5.26 Å². The van der Waals surface area contributed by atoms with Gasteiger partial charge >= 0.3 is 0 Å². The van der Waals surface area contributed by atoms with Crippen LogP contribution in [-0.2, 0) is 0 Å². The summed E-state index contributed by atoms with van der Waals surface area (Å²) in [6.45, 7) is 1.98. The van der Waals surface area contributed by atoms with Crippen molar-refractivity contribution in [2.24, 2.45) is 0 Å². The molecule has 0 spiro atoms. The van der Waals surface area contributed by atoms with Crippen LogP contribution >= 0.6 is 11.6 Å². The number of nitriles is 1. The lowest BCUT2D eigenvalue weighted by atomic mass is 10.0. The van der Waals surface area contributed by atoms with Gasteiger partial charge in [-0.2, -0.15) is 5.26 Å². The zero-order valence-corrected chi connectivity index (χ0v) is 12.0. The molecule has 0 aliphatic carbocycles. The molecule has 21 heavy (non-hydrogen) atoms. The number of benzene rings is 1. The molecule has 0 bridgehead atoms. The van der Waals surface area contributed by atoms with Crippen molar-refractivity contribution in [2.75, 3.05) is 0 Å². The summed E-state index contributed by atoms with van der Waals surface area (Å²) in [5.41, 5.74) is 4.81. The molecule has 2 aromatic heterocycles. The second-order valence-electron chi connectivity index (χ2n) is 4.64. The van der Waals surface area contributed by atoms with E-state index < -0.39 is 0 Å². The standard InChI is InChI=1S/C16H11ClN4/c1-10-2-3-12(17)7-13(10)16-11(8-18)6-15(21-16)14-4-5-19-9-20-14/h2-7,9,21H,1H3. The lowest BCUT2D eigenvalue weighted by Crippen LogP contribution is -1.87. The smallest absolute Gasteiger partial charge is 0.116 e. The highest BCUT2D eigenvalue weighted by molar-refractivity contribution is 6.30. The van der Waals surface area contributed by atoms with Gasteiger partial charge in [0.05, 0.1) is 22.6 Å². The topological polar surface area (TPSA) is 65.4 Å². The van der Waals surface area contributed by atoms with Crippen LogP contribution in [0.25, 0.3) is 22.6 Å². The first-order chi connectivity index (χ1) is 10.2. The van der Waals surface area contributed by atoms with Crippen molar-refractivity contribution >= 4 is 11.6 Å². The molecule has 0 aliphatic rings. The van der Waals surface area contributed by atoms with Crippen LogP contribution in [0.2, 0.25) is 5.02 Å². The summed E-state index contributed by atoms with van der Waals surface area (Å²) in [4.78, 5) is 11.4. The van der Waals surface area contributed by atoms with Gasteiger partial charge < -0.3 is 4.98 Å². The number of nitrogens with one attached hydrogen (secondary N) is 1. The fourth-order valence-electron chi connectivity index (χ4n) is 2.21. The predicted molar refractivity (Wildman–Crippen MR) is 81.7 cm³/mol. The summed E-state index contributed by atoms with van der Waals surface area (Å²) in [5, 5.41) is 10.0.